The van der Waals surface area contributed by atoms with Crippen molar-refractivity contribution < 1.29 is 14.3 Å². The number of nitrogens with zero attached hydrogens (tertiary/aromatic N) is 2. The summed E-state index contributed by atoms with van der Waals surface area (Å²) >= 11 is 0. The zero-order valence-electron chi connectivity index (χ0n) is 14.5. The highest BCUT2D eigenvalue weighted by Gasteiger charge is 2.26. The molecule has 0 bridgehead atoms. The van der Waals surface area contributed by atoms with Crippen LogP contribution in [0.25, 0.3) is 0 Å². The fraction of sp³-hybridized carbons (Fsp3) is 0.941. The van der Waals surface area contributed by atoms with Gasteiger partial charge in [-0.2, -0.15) is 0 Å². The fourth-order valence-electron chi connectivity index (χ4n) is 3.06. The summed E-state index contributed by atoms with van der Waals surface area (Å²) in [7, 11) is 0. The summed E-state index contributed by atoms with van der Waals surface area (Å²) in [5.41, 5.74) is -0.410. The van der Waals surface area contributed by atoms with Gasteiger partial charge in [-0.05, 0) is 65.5 Å². The summed E-state index contributed by atoms with van der Waals surface area (Å²) in [6.07, 6.45) is 4.53. The van der Waals surface area contributed by atoms with Crippen LogP contribution in [0, 0.1) is 5.92 Å². The van der Waals surface area contributed by atoms with E-state index in [0.29, 0.717) is 5.92 Å². The Morgan fingerprint density at radius 3 is 2.32 bits per heavy atom. The van der Waals surface area contributed by atoms with Crippen LogP contribution in [0.4, 0.5) is 4.79 Å². The SMILES string of the molecule is CC(C)(C)OC(=O)N1CCC(COCCN2CCCC2)CC1. The van der Waals surface area contributed by atoms with E-state index >= 15 is 0 Å². The molecule has 128 valence electrons. The Labute approximate surface area is 134 Å². The maximum absolute atomic E-state index is 12.0. The van der Waals surface area contributed by atoms with Crippen LogP contribution in [0.15, 0.2) is 0 Å². The molecule has 5 nitrogen and oxygen atoms in total. The lowest BCUT2D eigenvalue weighted by Crippen LogP contribution is -2.42. The largest absolute Gasteiger partial charge is 0.444 e. The van der Waals surface area contributed by atoms with Crippen molar-refractivity contribution in [2.24, 2.45) is 5.92 Å². The molecule has 2 rings (SSSR count). The number of hydrogen-bond donors (Lipinski definition) is 0. The lowest BCUT2D eigenvalue weighted by atomic mass is 9.98. The maximum atomic E-state index is 12.0. The van der Waals surface area contributed by atoms with Gasteiger partial charge in [-0.3, -0.25) is 0 Å². The van der Waals surface area contributed by atoms with Crippen molar-refractivity contribution in [3.8, 4) is 0 Å². The highest BCUT2D eigenvalue weighted by atomic mass is 16.6. The topological polar surface area (TPSA) is 42.0 Å². The Balaban J connectivity index is 1.55. The molecule has 2 heterocycles. The molecule has 2 fully saturated rings. The van der Waals surface area contributed by atoms with E-state index in [9.17, 15) is 4.79 Å². The fourth-order valence-corrected chi connectivity index (χ4v) is 3.06. The summed E-state index contributed by atoms with van der Waals surface area (Å²) in [5.74, 6) is 0.581. The first-order chi connectivity index (χ1) is 10.4. The molecule has 2 aliphatic rings. The van der Waals surface area contributed by atoms with E-state index < -0.39 is 5.60 Å². The Hall–Kier alpha value is -0.810. The zero-order chi connectivity index (χ0) is 16.0. The molecule has 0 aromatic rings. The quantitative estimate of drug-likeness (QED) is 0.732. The van der Waals surface area contributed by atoms with Crippen molar-refractivity contribution in [3.05, 3.63) is 0 Å². The second kappa shape index (κ2) is 8.16. The van der Waals surface area contributed by atoms with Crippen molar-refractivity contribution in [3.63, 3.8) is 0 Å². The minimum atomic E-state index is -0.410. The summed E-state index contributed by atoms with van der Waals surface area (Å²) in [6, 6.07) is 0. The average molecular weight is 312 g/mol. The van der Waals surface area contributed by atoms with Crippen LogP contribution in [-0.4, -0.2) is 67.4 Å². The monoisotopic (exact) mass is 312 g/mol. The number of hydrogen-bond acceptors (Lipinski definition) is 4. The molecule has 2 saturated heterocycles. The molecular formula is C17H32N2O3. The highest BCUT2D eigenvalue weighted by molar-refractivity contribution is 5.68. The third-order valence-electron chi connectivity index (χ3n) is 4.37. The predicted octanol–water partition coefficient (Wildman–Crippen LogP) is 2.75. The van der Waals surface area contributed by atoms with Crippen LogP contribution in [-0.2, 0) is 9.47 Å². The first-order valence-corrected chi connectivity index (χ1v) is 8.72. The Morgan fingerprint density at radius 2 is 1.73 bits per heavy atom. The second-order valence-electron chi connectivity index (χ2n) is 7.53. The number of carbonyl (C=O) groups excluding carboxylic acids is 1. The molecule has 0 saturated carbocycles. The van der Waals surface area contributed by atoms with E-state index in [1.54, 1.807) is 0 Å². The highest BCUT2D eigenvalue weighted by Crippen LogP contribution is 2.20. The van der Waals surface area contributed by atoms with Gasteiger partial charge in [0.05, 0.1) is 6.61 Å². The van der Waals surface area contributed by atoms with Crippen LogP contribution in [0.5, 0.6) is 0 Å². The van der Waals surface area contributed by atoms with Crippen molar-refractivity contribution >= 4 is 6.09 Å². The molecule has 0 aromatic carbocycles. The predicted molar refractivity (Wildman–Crippen MR) is 87.0 cm³/mol. The van der Waals surface area contributed by atoms with Crippen LogP contribution < -0.4 is 0 Å². The van der Waals surface area contributed by atoms with E-state index in [2.05, 4.69) is 4.90 Å². The molecule has 2 aliphatic heterocycles. The summed E-state index contributed by atoms with van der Waals surface area (Å²) < 4.78 is 11.3. The van der Waals surface area contributed by atoms with Gasteiger partial charge in [-0.25, -0.2) is 4.79 Å². The van der Waals surface area contributed by atoms with Gasteiger partial charge in [0.15, 0.2) is 0 Å². The van der Waals surface area contributed by atoms with E-state index in [-0.39, 0.29) is 6.09 Å². The van der Waals surface area contributed by atoms with Crippen LogP contribution in [0.1, 0.15) is 46.5 Å². The molecule has 0 N–H and O–H groups in total. The number of carbonyl (C=O) groups is 1. The summed E-state index contributed by atoms with van der Waals surface area (Å²) in [5, 5.41) is 0. The van der Waals surface area contributed by atoms with Gasteiger partial charge in [0.25, 0.3) is 0 Å². The number of rotatable bonds is 5. The summed E-state index contributed by atoms with van der Waals surface area (Å²) in [4.78, 5) is 16.3. The van der Waals surface area contributed by atoms with Crippen molar-refractivity contribution in [1.29, 1.82) is 0 Å². The molecule has 1 amide bonds. The van der Waals surface area contributed by atoms with E-state index in [1.807, 2.05) is 25.7 Å². The third-order valence-corrected chi connectivity index (χ3v) is 4.37. The molecule has 0 unspecified atom stereocenters. The van der Waals surface area contributed by atoms with Gasteiger partial charge in [0.2, 0.25) is 0 Å². The molecule has 22 heavy (non-hydrogen) atoms. The van der Waals surface area contributed by atoms with Gasteiger partial charge in [-0.15, -0.1) is 0 Å². The Kier molecular flexibility index (Phi) is 6.50. The smallest absolute Gasteiger partial charge is 0.410 e. The Bertz CT molecular complexity index is 340. The molecule has 0 atom stereocenters. The van der Waals surface area contributed by atoms with Gasteiger partial charge in [0, 0.05) is 26.2 Å². The minimum Gasteiger partial charge on any atom is -0.444 e. The first kappa shape index (κ1) is 17.5. The van der Waals surface area contributed by atoms with Crippen LogP contribution in [0.2, 0.25) is 0 Å². The second-order valence-corrected chi connectivity index (χ2v) is 7.53. The van der Waals surface area contributed by atoms with Crippen molar-refractivity contribution in [1.82, 2.24) is 9.80 Å². The number of piperidine rings is 1. The van der Waals surface area contributed by atoms with Crippen LogP contribution >= 0.6 is 0 Å². The Morgan fingerprint density at radius 1 is 1.09 bits per heavy atom. The van der Waals surface area contributed by atoms with E-state index in [4.69, 9.17) is 9.47 Å². The first-order valence-electron chi connectivity index (χ1n) is 8.72. The average Bonchev–Trinajstić information content (AvgIpc) is 2.95. The van der Waals surface area contributed by atoms with E-state index in [0.717, 1.165) is 45.7 Å². The third kappa shape index (κ3) is 6.13. The van der Waals surface area contributed by atoms with Gasteiger partial charge in [-0.1, -0.05) is 0 Å². The van der Waals surface area contributed by atoms with Crippen LogP contribution in [0.3, 0.4) is 0 Å². The normalized spacial score (nSPS) is 21.3. The standard InChI is InChI=1S/C17H32N2O3/c1-17(2,3)22-16(20)19-10-6-15(7-11-19)14-21-13-12-18-8-4-5-9-18/h15H,4-14H2,1-3H3. The molecule has 0 aliphatic carbocycles. The molecule has 0 aromatic heterocycles. The van der Waals surface area contributed by atoms with Crippen molar-refractivity contribution in [2.75, 3.05) is 45.9 Å². The van der Waals surface area contributed by atoms with E-state index in [1.165, 1.54) is 25.9 Å². The summed E-state index contributed by atoms with van der Waals surface area (Å²) in [6.45, 7) is 12.5. The minimum absolute atomic E-state index is 0.180. The maximum Gasteiger partial charge on any atom is 0.410 e. The number of likely N-dealkylation sites (tertiary alicyclic amines) is 2. The van der Waals surface area contributed by atoms with Crippen molar-refractivity contribution in [2.45, 2.75) is 52.1 Å². The van der Waals surface area contributed by atoms with Gasteiger partial charge >= 0.3 is 6.09 Å². The molecule has 0 spiro atoms. The van der Waals surface area contributed by atoms with Gasteiger partial charge < -0.3 is 19.3 Å². The molecule has 0 radical (unpaired) electrons. The zero-order valence-corrected chi connectivity index (χ0v) is 14.5. The number of ether oxygens (including phenoxy) is 2. The molecular weight excluding hydrogens is 280 g/mol. The lowest BCUT2D eigenvalue weighted by molar-refractivity contribution is 0.0108. The lowest BCUT2D eigenvalue weighted by Gasteiger charge is -2.33. The molecule has 5 heteroatoms. The number of amides is 1. The van der Waals surface area contributed by atoms with Gasteiger partial charge in [0.1, 0.15) is 5.60 Å².